The van der Waals surface area contributed by atoms with E-state index in [-0.39, 0.29) is 13.2 Å². The molecule has 0 saturated carbocycles. The zero-order valence-corrected chi connectivity index (χ0v) is 8.24. The van der Waals surface area contributed by atoms with Crippen LogP contribution in [0.1, 0.15) is 6.92 Å². The van der Waals surface area contributed by atoms with Gasteiger partial charge in [0, 0.05) is 0 Å². The maximum Gasteiger partial charge on any atom is 0.217 e. The molecule has 0 aromatic carbocycles. The van der Waals surface area contributed by atoms with Crippen LogP contribution >= 0.6 is 0 Å². The summed E-state index contributed by atoms with van der Waals surface area (Å²) >= 11 is 0. The highest BCUT2D eigenvalue weighted by Gasteiger charge is 1.99. The van der Waals surface area contributed by atoms with Crippen molar-refractivity contribution in [2.75, 3.05) is 13.2 Å². The molecule has 6 N–H and O–H groups in total. The lowest BCUT2D eigenvalue weighted by molar-refractivity contribution is -0.138. The summed E-state index contributed by atoms with van der Waals surface area (Å²) < 4.78 is 4.36. The van der Waals surface area contributed by atoms with Crippen LogP contribution in [-0.4, -0.2) is 62.7 Å². The molecule has 7 nitrogen and oxygen atoms in total. The Balaban J connectivity index is 0. The second-order valence-electron chi connectivity index (χ2n) is 2.27. The molecule has 0 aromatic rings. The third-order valence-corrected chi connectivity index (χ3v) is 0.807. The highest BCUT2D eigenvalue weighted by Crippen LogP contribution is 1.81. The maximum atomic E-state index is 8.13. The number of ether oxygens (including phenoxy) is 1. The van der Waals surface area contributed by atoms with Crippen molar-refractivity contribution in [2.24, 2.45) is 0 Å². The lowest BCUT2D eigenvalue weighted by Crippen LogP contribution is -2.20. The van der Waals surface area contributed by atoms with Crippen molar-refractivity contribution in [3.8, 4) is 11.8 Å². The second-order valence-corrected chi connectivity index (χ2v) is 2.27. The zero-order valence-electron chi connectivity index (χ0n) is 8.24. The molecule has 0 aliphatic rings. The van der Waals surface area contributed by atoms with Crippen molar-refractivity contribution in [2.45, 2.75) is 25.8 Å². The van der Waals surface area contributed by atoms with Crippen LogP contribution in [0.25, 0.3) is 0 Å². The fourth-order valence-electron chi connectivity index (χ4n) is 0.408. The first kappa shape index (κ1) is 16.7. The van der Waals surface area contributed by atoms with Gasteiger partial charge in [0.05, 0.1) is 13.2 Å². The molecule has 0 radical (unpaired) electrons. The third-order valence-electron chi connectivity index (χ3n) is 0.807. The standard InChI is InChI=1S/C4H10O5.C4H6O2/c5-3(6)1-9-2-4(7)8;1-2-3-4(5)6/h3-8H,1-2H2;4-6H,1H3. The van der Waals surface area contributed by atoms with Gasteiger partial charge in [-0.1, -0.05) is 0 Å². The number of hydrogen-bond acceptors (Lipinski definition) is 7. The predicted octanol–water partition coefficient (Wildman–Crippen LogP) is -3.06. The fourth-order valence-corrected chi connectivity index (χ4v) is 0.408. The van der Waals surface area contributed by atoms with Gasteiger partial charge in [0.25, 0.3) is 0 Å². The van der Waals surface area contributed by atoms with Crippen molar-refractivity contribution in [3.63, 3.8) is 0 Å². The molecule has 0 fully saturated rings. The predicted molar refractivity (Wildman–Crippen MR) is 48.9 cm³/mol. The Morgan fingerprint density at radius 3 is 1.47 bits per heavy atom. The highest BCUT2D eigenvalue weighted by atomic mass is 16.6. The van der Waals surface area contributed by atoms with Crippen molar-refractivity contribution < 1.29 is 35.4 Å². The van der Waals surface area contributed by atoms with E-state index in [9.17, 15) is 0 Å². The number of aliphatic hydroxyl groups is 6. The molecule has 0 amide bonds. The SMILES string of the molecule is CC#CC(O)O.OC(O)COCC(O)O. The molecular weight excluding hydrogens is 208 g/mol. The number of rotatable bonds is 4. The van der Waals surface area contributed by atoms with Crippen molar-refractivity contribution >= 4 is 0 Å². The Hall–Kier alpha value is -0.720. The molecule has 0 atom stereocenters. The topological polar surface area (TPSA) is 131 Å². The normalized spacial score (nSPS) is 9.73. The summed E-state index contributed by atoms with van der Waals surface area (Å²) in [5.41, 5.74) is 0. The smallest absolute Gasteiger partial charge is 0.217 e. The van der Waals surface area contributed by atoms with Gasteiger partial charge >= 0.3 is 0 Å². The van der Waals surface area contributed by atoms with Gasteiger partial charge in [-0.3, -0.25) is 0 Å². The molecule has 0 spiro atoms. The zero-order chi connectivity index (χ0) is 12.3. The van der Waals surface area contributed by atoms with Crippen LogP contribution in [0.2, 0.25) is 0 Å². The lowest BCUT2D eigenvalue weighted by Gasteiger charge is -2.05. The van der Waals surface area contributed by atoms with Gasteiger partial charge in [-0.05, 0) is 12.8 Å². The molecule has 15 heavy (non-hydrogen) atoms. The summed E-state index contributed by atoms with van der Waals surface area (Å²) in [6, 6.07) is 0. The Morgan fingerprint density at radius 1 is 0.933 bits per heavy atom. The highest BCUT2D eigenvalue weighted by molar-refractivity contribution is 4.96. The summed E-state index contributed by atoms with van der Waals surface area (Å²) in [7, 11) is 0. The monoisotopic (exact) mass is 224 g/mol. The first-order valence-electron chi connectivity index (χ1n) is 3.98. The van der Waals surface area contributed by atoms with E-state index in [2.05, 4.69) is 16.6 Å². The molecule has 7 heteroatoms. The van der Waals surface area contributed by atoms with Gasteiger partial charge in [0.2, 0.25) is 6.29 Å². The van der Waals surface area contributed by atoms with Gasteiger partial charge in [0.15, 0.2) is 12.6 Å². The van der Waals surface area contributed by atoms with Crippen LogP contribution in [0.5, 0.6) is 0 Å². The minimum absolute atomic E-state index is 0.308. The van der Waals surface area contributed by atoms with Crippen LogP contribution in [-0.2, 0) is 4.74 Å². The van der Waals surface area contributed by atoms with Gasteiger partial charge in [-0.15, -0.1) is 5.92 Å². The molecule has 0 aromatic heterocycles. The van der Waals surface area contributed by atoms with Crippen molar-refractivity contribution in [1.82, 2.24) is 0 Å². The van der Waals surface area contributed by atoms with Crippen LogP contribution in [0, 0.1) is 11.8 Å². The summed E-state index contributed by atoms with van der Waals surface area (Å²) in [4.78, 5) is 0. The van der Waals surface area contributed by atoms with E-state index in [0.29, 0.717) is 0 Å². The van der Waals surface area contributed by atoms with Crippen LogP contribution in [0.3, 0.4) is 0 Å². The Bertz CT molecular complexity index is 171. The first-order chi connectivity index (χ1) is 6.90. The molecule has 0 rings (SSSR count). The molecular formula is C8H16O7. The van der Waals surface area contributed by atoms with E-state index < -0.39 is 18.9 Å². The molecule has 0 heterocycles. The largest absolute Gasteiger partial charge is 0.371 e. The van der Waals surface area contributed by atoms with E-state index in [1.165, 1.54) is 0 Å². The van der Waals surface area contributed by atoms with Gasteiger partial charge < -0.3 is 35.4 Å². The molecule has 0 aliphatic heterocycles. The van der Waals surface area contributed by atoms with Gasteiger partial charge in [0.1, 0.15) is 0 Å². The number of hydrogen-bond donors (Lipinski definition) is 6. The van der Waals surface area contributed by atoms with E-state index in [1.807, 2.05) is 0 Å². The second kappa shape index (κ2) is 11.4. The van der Waals surface area contributed by atoms with E-state index >= 15 is 0 Å². The van der Waals surface area contributed by atoms with E-state index in [0.717, 1.165) is 0 Å². The molecule has 90 valence electrons. The molecule has 0 saturated heterocycles. The van der Waals surface area contributed by atoms with Crippen LogP contribution in [0.4, 0.5) is 0 Å². The van der Waals surface area contributed by atoms with Crippen LogP contribution in [0.15, 0.2) is 0 Å². The van der Waals surface area contributed by atoms with Gasteiger partial charge in [-0.2, -0.15) is 0 Å². The Morgan fingerprint density at radius 2 is 1.33 bits per heavy atom. The summed E-state index contributed by atoms with van der Waals surface area (Å²) in [5, 5.41) is 48.4. The molecule has 0 unspecified atom stereocenters. The maximum absolute atomic E-state index is 8.13. The minimum Gasteiger partial charge on any atom is -0.371 e. The molecule has 0 aliphatic carbocycles. The molecule has 0 bridgehead atoms. The van der Waals surface area contributed by atoms with Gasteiger partial charge in [-0.25, -0.2) is 0 Å². The van der Waals surface area contributed by atoms with Crippen molar-refractivity contribution in [3.05, 3.63) is 0 Å². The summed E-state index contributed by atoms with van der Waals surface area (Å²) in [6.45, 7) is 0.925. The quantitative estimate of drug-likeness (QED) is 0.221. The third kappa shape index (κ3) is 24.6. The average molecular weight is 224 g/mol. The van der Waals surface area contributed by atoms with Crippen molar-refractivity contribution in [1.29, 1.82) is 0 Å². The average Bonchev–Trinajstić information content (AvgIpc) is 2.03. The Kier molecular flexibility index (Phi) is 12.6. The summed E-state index contributed by atoms with van der Waals surface area (Å²) in [5.74, 6) is 4.39. The number of aliphatic hydroxyl groups excluding tert-OH is 3. The minimum atomic E-state index is -1.55. The lowest BCUT2D eigenvalue weighted by atomic mass is 10.6. The first-order valence-corrected chi connectivity index (χ1v) is 3.98. The fraction of sp³-hybridized carbons (Fsp3) is 0.750. The van der Waals surface area contributed by atoms with Crippen LogP contribution < -0.4 is 0 Å². The Labute approximate surface area is 87.2 Å². The van der Waals surface area contributed by atoms with E-state index in [1.54, 1.807) is 6.92 Å². The van der Waals surface area contributed by atoms with E-state index in [4.69, 9.17) is 30.6 Å². The summed E-state index contributed by atoms with van der Waals surface area (Å²) in [6.07, 6.45) is -4.57.